The van der Waals surface area contributed by atoms with Gasteiger partial charge in [0.25, 0.3) is 5.91 Å². The number of anilines is 1. The molecule has 7 heteroatoms. The zero-order valence-corrected chi connectivity index (χ0v) is 17.0. The molecule has 0 fully saturated rings. The van der Waals surface area contributed by atoms with E-state index >= 15 is 0 Å². The fraction of sp³-hybridized carbons (Fsp3) is 0.182. The van der Waals surface area contributed by atoms with Gasteiger partial charge in [0.05, 0.1) is 18.2 Å². The normalized spacial score (nSPS) is 13.2. The second-order valence-corrected chi connectivity index (χ2v) is 9.14. The fourth-order valence-corrected chi connectivity index (χ4v) is 4.13. The van der Waals surface area contributed by atoms with Gasteiger partial charge in [-0.25, -0.2) is 13.8 Å². The maximum Gasteiger partial charge on any atom is 0.271 e. The van der Waals surface area contributed by atoms with E-state index in [-0.39, 0.29) is 5.91 Å². The standard InChI is InChI=1S/C22H21N3O3S/c1-25(29(2,27)28)19-12-10-17(11-13-19)22(26)24-23-14-18-9-8-16-7-6-15-4-3-5-20(18)21(15)16/h3-5,8-14H,6-7H2,1-2H3,(H,24,26)/b23-14-. The van der Waals surface area contributed by atoms with Crippen molar-refractivity contribution in [1.29, 1.82) is 0 Å². The van der Waals surface area contributed by atoms with Crippen LogP contribution in [0.15, 0.2) is 59.7 Å². The zero-order chi connectivity index (χ0) is 20.6. The Bertz CT molecular complexity index is 1220. The number of carbonyl (C=O) groups is 1. The van der Waals surface area contributed by atoms with Crippen LogP contribution < -0.4 is 9.73 Å². The minimum atomic E-state index is -3.34. The maximum atomic E-state index is 12.3. The molecule has 1 aliphatic carbocycles. The lowest BCUT2D eigenvalue weighted by Gasteiger charge is -2.16. The number of nitrogens with zero attached hydrogens (tertiary/aromatic N) is 2. The predicted octanol–water partition coefficient (Wildman–Crippen LogP) is 3.10. The lowest BCUT2D eigenvalue weighted by Crippen LogP contribution is -2.25. The molecule has 1 N–H and O–H groups in total. The summed E-state index contributed by atoms with van der Waals surface area (Å²) < 4.78 is 24.3. The van der Waals surface area contributed by atoms with Gasteiger partial charge in [-0.15, -0.1) is 0 Å². The summed E-state index contributed by atoms with van der Waals surface area (Å²) in [6, 6.07) is 16.8. The number of aryl methyl sites for hydroxylation is 2. The Balaban J connectivity index is 1.49. The average molecular weight is 407 g/mol. The van der Waals surface area contributed by atoms with Crippen LogP contribution in [0.3, 0.4) is 0 Å². The van der Waals surface area contributed by atoms with E-state index in [1.54, 1.807) is 30.5 Å². The quantitative estimate of drug-likeness (QED) is 0.521. The summed E-state index contributed by atoms with van der Waals surface area (Å²) in [5.74, 6) is -0.360. The Morgan fingerprint density at radius 1 is 1.03 bits per heavy atom. The number of hydrogen-bond donors (Lipinski definition) is 1. The average Bonchev–Trinajstić information content (AvgIpc) is 3.13. The van der Waals surface area contributed by atoms with E-state index < -0.39 is 10.0 Å². The van der Waals surface area contributed by atoms with Gasteiger partial charge in [0, 0.05) is 18.2 Å². The topological polar surface area (TPSA) is 78.8 Å². The molecule has 3 aromatic carbocycles. The van der Waals surface area contributed by atoms with E-state index in [0.717, 1.165) is 34.4 Å². The van der Waals surface area contributed by atoms with Crippen molar-refractivity contribution in [3.05, 3.63) is 76.9 Å². The van der Waals surface area contributed by atoms with E-state index in [1.807, 2.05) is 6.07 Å². The third kappa shape index (κ3) is 3.73. The molecule has 6 nitrogen and oxygen atoms in total. The summed E-state index contributed by atoms with van der Waals surface area (Å²) in [5, 5.41) is 6.56. The summed E-state index contributed by atoms with van der Waals surface area (Å²) in [7, 11) is -1.88. The van der Waals surface area contributed by atoms with Gasteiger partial charge >= 0.3 is 0 Å². The van der Waals surface area contributed by atoms with Gasteiger partial charge in [-0.1, -0.05) is 30.3 Å². The highest BCUT2D eigenvalue weighted by molar-refractivity contribution is 7.92. The predicted molar refractivity (Wildman–Crippen MR) is 116 cm³/mol. The van der Waals surface area contributed by atoms with Crippen LogP contribution in [0.4, 0.5) is 5.69 Å². The Kier molecular flexibility index (Phi) is 4.84. The van der Waals surface area contributed by atoms with Crippen LogP contribution in [0.5, 0.6) is 0 Å². The number of amides is 1. The number of nitrogens with one attached hydrogen (secondary N) is 1. The van der Waals surface area contributed by atoms with Crippen LogP contribution in [0, 0.1) is 0 Å². The van der Waals surface area contributed by atoms with E-state index in [1.165, 1.54) is 23.6 Å². The SMILES string of the molecule is CN(c1ccc(C(=O)N/N=C\c2ccc3c4c(cccc24)CC3)cc1)S(C)(=O)=O. The van der Waals surface area contributed by atoms with Crippen LogP contribution >= 0.6 is 0 Å². The minimum Gasteiger partial charge on any atom is -0.274 e. The smallest absolute Gasteiger partial charge is 0.271 e. The highest BCUT2D eigenvalue weighted by atomic mass is 32.2. The number of carbonyl (C=O) groups excluding carboxylic acids is 1. The van der Waals surface area contributed by atoms with Crippen LogP contribution in [-0.4, -0.2) is 33.8 Å². The van der Waals surface area contributed by atoms with Crippen molar-refractivity contribution in [3.63, 3.8) is 0 Å². The summed E-state index contributed by atoms with van der Waals surface area (Å²) >= 11 is 0. The molecule has 29 heavy (non-hydrogen) atoms. The molecule has 0 radical (unpaired) electrons. The number of hydrogen-bond acceptors (Lipinski definition) is 4. The molecule has 0 unspecified atom stereocenters. The molecule has 0 aliphatic heterocycles. The first kappa shape index (κ1) is 19.1. The van der Waals surface area contributed by atoms with Crippen molar-refractivity contribution in [2.45, 2.75) is 12.8 Å². The summed E-state index contributed by atoms with van der Waals surface area (Å²) in [5.41, 5.74) is 7.09. The summed E-state index contributed by atoms with van der Waals surface area (Å²) in [6.45, 7) is 0. The Morgan fingerprint density at radius 3 is 2.41 bits per heavy atom. The lowest BCUT2D eigenvalue weighted by atomic mass is 10.0. The van der Waals surface area contributed by atoms with Crippen molar-refractivity contribution in [2.75, 3.05) is 17.6 Å². The van der Waals surface area contributed by atoms with Gasteiger partial charge in [0.2, 0.25) is 10.0 Å². The van der Waals surface area contributed by atoms with Crippen LogP contribution in [0.1, 0.15) is 27.0 Å². The Hall–Kier alpha value is -3.19. The van der Waals surface area contributed by atoms with Crippen LogP contribution in [0.25, 0.3) is 10.8 Å². The molecule has 0 heterocycles. The van der Waals surface area contributed by atoms with Crippen molar-refractivity contribution in [2.24, 2.45) is 5.10 Å². The molecule has 0 atom stereocenters. The molecule has 4 rings (SSSR count). The minimum absolute atomic E-state index is 0.360. The third-order valence-electron chi connectivity index (χ3n) is 5.27. The first-order chi connectivity index (χ1) is 13.8. The van der Waals surface area contributed by atoms with Gasteiger partial charge in [-0.05, 0) is 59.0 Å². The molecule has 0 saturated carbocycles. The van der Waals surface area contributed by atoms with Crippen molar-refractivity contribution in [3.8, 4) is 0 Å². The van der Waals surface area contributed by atoms with Gasteiger partial charge in [-0.2, -0.15) is 5.10 Å². The van der Waals surface area contributed by atoms with E-state index in [0.29, 0.717) is 11.3 Å². The number of sulfonamides is 1. The molecular weight excluding hydrogens is 386 g/mol. The molecule has 1 aliphatic rings. The maximum absolute atomic E-state index is 12.3. The van der Waals surface area contributed by atoms with E-state index in [9.17, 15) is 13.2 Å². The van der Waals surface area contributed by atoms with Gasteiger partial charge in [-0.3, -0.25) is 9.10 Å². The first-order valence-corrected chi connectivity index (χ1v) is 11.1. The zero-order valence-electron chi connectivity index (χ0n) is 16.2. The van der Waals surface area contributed by atoms with Crippen molar-refractivity contribution < 1.29 is 13.2 Å². The number of hydrazone groups is 1. The number of rotatable bonds is 5. The van der Waals surface area contributed by atoms with Crippen molar-refractivity contribution in [1.82, 2.24) is 5.43 Å². The molecule has 0 spiro atoms. The molecular formula is C22H21N3O3S. The molecule has 0 aromatic heterocycles. The fourth-order valence-electron chi connectivity index (χ4n) is 3.62. The van der Waals surface area contributed by atoms with E-state index in [2.05, 4.69) is 34.8 Å². The summed E-state index contributed by atoms with van der Waals surface area (Å²) in [6.07, 6.45) is 4.91. The lowest BCUT2D eigenvalue weighted by molar-refractivity contribution is 0.0955. The molecule has 148 valence electrons. The second-order valence-electron chi connectivity index (χ2n) is 7.13. The monoisotopic (exact) mass is 407 g/mol. The molecule has 0 bridgehead atoms. The summed E-state index contributed by atoms with van der Waals surface area (Å²) in [4.78, 5) is 12.3. The first-order valence-electron chi connectivity index (χ1n) is 9.25. The third-order valence-corrected chi connectivity index (χ3v) is 6.48. The largest absolute Gasteiger partial charge is 0.274 e. The highest BCUT2D eigenvalue weighted by Crippen LogP contribution is 2.32. The Labute approximate surface area is 169 Å². The second kappa shape index (κ2) is 7.33. The molecule has 1 amide bonds. The van der Waals surface area contributed by atoms with E-state index in [4.69, 9.17) is 0 Å². The molecule has 0 saturated heterocycles. The van der Waals surface area contributed by atoms with Gasteiger partial charge in [0.15, 0.2) is 0 Å². The highest BCUT2D eigenvalue weighted by Gasteiger charge is 2.15. The van der Waals surface area contributed by atoms with Crippen molar-refractivity contribution >= 4 is 38.6 Å². The Morgan fingerprint density at radius 2 is 1.72 bits per heavy atom. The van der Waals surface area contributed by atoms with Gasteiger partial charge in [0.1, 0.15) is 0 Å². The van der Waals surface area contributed by atoms with Crippen LogP contribution in [-0.2, 0) is 22.9 Å². The number of benzene rings is 3. The van der Waals surface area contributed by atoms with Crippen LogP contribution in [0.2, 0.25) is 0 Å². The molecule has 3 aromatic rings. The van der Waals surface area contributed by atoms with Gasteiger partial charge < -0.3 is 0 Å².